The highest BCUT2D eigenvalue weighted by Gasteiger charge is 2.41. The molecule has 176 valence electrons. The summed E-state index contributed by atoms with van der Waals surface area (Å²) in [5.41, 5.74) is 5.34. The van der Waals surface area contributed by atoms with E-state index in [2.05, 4.69) is 32.0 Å². The molecule has 0 unspecified atom stereocenters. The molecule has 0 bridgehead atoms. The second-order valence-corrected chi connectivity index (χ2v) is 9.37. The van der Waals surface area contributed by atoms with Crippen LogP contribution in [0.1, 0.15) is 40.8 Å². The maximum Gasteiger partial charge on any atom is 0.292 e. The van der Waals surface area contributed by atoms with Gasteiger partial charge in [-0.15, -0.1) is 0 Å². The van der Waals surface area contributed by atoms with E-state index >= 15 is 0 Å². The van der Waals surface area contributed by atoms with Gasteiger partial charge in [0.15, 0.2) is 11.5 Å². The maximum atomic E-state index is 11.0. The third-order valence-electron chi connectivity index (χ3n) is 6.48. The third kappa shape index (κ3) is 4.07. The quantitative estimate of drug-likeness (QED) is 0.383. The predicted octanol–water partition coefficient (Wildman–Crippen LogP) is 5.36. The fourth-order valence-electron chi connectivity index (χ4n) is 4.67. The number of para-hydroxylation sites is 1. The summed E-state index contributed by atoms with van der Waals surface area (Å²) in [7, 11) is 0. The molecule has 0 fully saturated rings. The number of fused-ring (bicyclic) bond motifs is 2. The van der Waals surface area contributed by atoms with E-state index in [4.69, 9.17) is 21.1 Å². The summed E-state index contributed by atoms with van der Waals surface area (Å²) in [6.07, 6.45) is 5.57. The second-order valence-electron chi connectivity index (χ2n) is 8.94. The minimum absolute atomic E-state index is 0.568. The fourth-order valence-corrected chi connectivity index (χ4v) is 4.78. The normalized spacial score (nSPS) is 19.7. The van der Waals surface area contributed by atoms with Crippen molar-refractivity contribution in [3.05, 3.63) is 88.5 Å². The van der Waals surface area contributed by atoms with Gasteiger partial charge in [-0.05, 0) is 48.4 Å². The van der Waals surface area contributed by atoms with Crippen molar-refractivity contribution < 1.29 is 14.3 Å². The monoisotopic (exact) mass is 486 g/mol. The molecule has 4 aromatic rings. The summed E-state index contributed by atoms with van der Waals surface area (Å²) in [6, 6.07) is 15.1. The van der Waals surface area contributed by atoms with Crippen LogP contribution in [-0.2, 0) is 12.3 Å². The van der Waals surface area contributed by atoms with Gasteiger partial charge in [0.05, 0.1) is 22.6 Å². The van der Waals surface area contributed by atoms with Crippen LogP contribution >= 0.6 is 11.6 Å². The van der Waals surface area contributed by atoms with Gasteiger partial charge in [-0.25, -0.2) is 4.98 Å². The van der Waals surface area contributed by atoms with Crippen molar-refractivity contribution in [2.45, 2.75) is 25.7 Å². The molecule has 4 heterocycles. The average Bonchev–Trinajstić information content (AvgIpc) is 3.44. The lowest BCUT2D eigenvalue weighted by atomic mass is 9.98. The summed E-state index contributed by atoms with van der Waals surface area (Å²) in [4.78, 5) is 25.8. The van der Waals surface area contributed by atoms with Crippen LogP contribution in [0, 0.1) is 0 Å². The Morgan fingerprint density at radius 2 is 2.11 bits per heavy atom. The number of imidazole rings is 1. The number of H-pyrrole nitrogens is 1. The Morgan fingerprint density at radius 1 is 1.20 bits per heavy atom. The van der Waals surface area contributed by atoms with Crippen LogP contribution in [0.25, 0.3) is 16.6 Å². The molecule has 2 aromatic heterocycles. The molecular formula is C27H23ClN4O3. The van der Waals surface area contributed by atoms with E-state index in [1.54, 1.807) is 18.3 Å². The number of pyridine rings is 1. The highest BCUT2D eigenvalue weighted by molar-refractivity contribution is 6.30. The molecule has 0 aliphatic carbocycles. The number of rotatable bonds is 5. The van der Waals surface area contributed by atoms with Crippen LogP contribution < -0.4 is 9.47 Å². The molecule has 2 aromatic carbocycles. The molecule has 6 rings (SSSR count). The number of carbonyl (C=O) groups is 1. The van der Waals surface area contributed by atoms with Crippen molar-refractivity contribution >= 4 is 34.5 Å². The van der Waals surface area contributed by atoms with Crippen LogP contribution in [0.3, 0.4) is 0 Å². The van der Waals surface area contributed by atoms with E-state index in [9.17, 15) is 4.79 Å². The Bertz CT molecular complexity index is 1460. The maximum absolute atomic E-state index is 11.0. The van der Waals surface area contributed by atoms with E-state index in [-0.39, 0.29) is 0 Å². The summed E-state index contributed by atoms with van der Waals surface area (Å²) < 4.78 is 12.6. The molecule has 2 aliphatic rings. The van der Waals surface area contributed by atoms with Gasteiger partial charge in [0.2, 0.25) is 0 Å². The molecule has 0 amide bonds. The predicted molar refractivity (Wildman–Crippen MR) is 134 cm³/mol. The number of carbonyl (C=O) groups excluding carboxylic acids is 1. The van der Waals surface area contributed by atoms with Crippen LogP contribution in [0.4, 0.5) is 0 Å². The van der Waals surface area contributed by atoms with E-state index in [1.165, 1.54) is 5.57 Å². The first kappa shape index (κ1) is 21.8. The Kier molecular flexibility index (Phi) is 5.31. The van der Waals surface area contributed by atoms with Crippen LogP contribution in [0.5, 0.6) is 11.5 Å². The summed E-state index contributed by atoms with van der Waals surface area (Å²) in [5.74, 6) is 1.34. The van der Waals surface area contributed by atoms with E-state index in [1.807, 2.05) is 37.3 Å². The fraction of sp³-hybridized carbons (Fsp3) is 0.222. The first-order chi connectivity index (χ1) is 17.0. The highest BCUT2D eigenvalue weighted by atomic mass is 35.5. The van der Waals surface area contributed by atoms with Gasteiger partial charge in [-0.2, -0.15) is 0 Å². The number of aromatic amines is 1. The molecule has 0 radical (unpaired) electrons. The van der Waals surface area contributed by atoms with E-state index in [0.717, 1.165) is 54.0 Å². The number of hydrogen-bond donors (Lipinski definition) is 1. The van der Waals surface area contributed by atoms with Gasteiger partial charge in [-0.1, -0.05) is 29.8 Å². The van der Waals surface area contributed by atoms with Gasteiger partial charge in [-0.3, -0.25) is 14.7 Å². The molecule has 35 heavy (non-hydrogen) atoms. The molecule has 8 heteroatoms. The zero-order chi connectivity index (χ0) is 24.0. The Hall–Kier alpha value is -3.68. The average molecular weight is 487 g/mol. The largest absolute Gasteiger partial charge is 0.443 e. The van der Waals surface area contributed by atoms with Crippen molar-refractivity contribution in [1.82, 2.24) is 19.9 Å². The van der Waals surface area contributed by atoms with Crippen LogP contribution in [-0.4, -0.2) is 39.2 Å². The SMILES string of the molecule is C[C@@]1(c2ccc(Cl)cn2)Oc2cccc(C3=CCN(Cc4nc5ccc(C=O)cc5[nH]4)CC3)c2O1. The summed E-state index contributed by atoms with van der Waals surface area (Å²) in [6.45, 7) is 4.27. The lowest BCUT2D eigenvalue weighted by molar-refractivity contribution is -0.0718. The molecular weight excluding hydrogens is 464 g/mol. The van der Waals surface area contributed by atoms with E-state index in [0.29, 0.717) is 28.6 Å². The third-order valence-corrected chi connectivity index (χ3v) is 6.70. The number of halogens is 1. The molecule has 7 nitrogen and oxygen atoms in total. The van der Waals surface area contributed by atoms with Crippen molar-refractivity contribution in [1.29, 1.82) is 0 Å². The first-order valence-corrected chi connectivity index (χ1v) is 11.9. The number of aromatic nitrogens is 3. The molecule has 0 saturated heterocycles. The number of aldehydes is 1. The molecule has 1 atom stereocenters. The van der Waals surface area contributed by atoms with Gasteiger partial charge < -0.3 is 14.5 Å². The van der Waals surface area contributed by atoms with Gasteiger partial charge in [0.25, 0.3) is 5.79 Å². The number of benzene rings is 2. The molecule has 1 N–H and O–H groups in total. The zero-order valence-corrected chi connectivity index (χ0v) is 19.9. The minimum Gasteiger partial charge on any atom is -0.443 e. The summed E-state index contributed by atoms with van der Waals surface area (Å²) in [5, 5.41) is 0.568. The number of nitrogens with one attached hydrogen (secondary N) is 1. The highest BCUT2D eigenvalue weighted by Crippen LogP contribution is 2.48. The lowest BCUT2D eigenvalue weighted by Crippen LogP contribution is -2.32. The van der Waals surface area contributed by atoms with Gasteiger partial charge >= 0.3 is 0 Å². The standard InChI is InChI=1S/C27H23ClN4O3/c1-27(24-8-6-19(28)14-29-24)34-23-4-2-3-20(26(23)35-27)18-9-11-32(12-10-18)15-25-30-21-7-5-17(16-33)13-22(21)31-25/h2-9,13-14,16H,10-12,15H2,1H3,(H,30,31)/t27-/m1/s1. The minimum atomic E-state index is -1.00. The first-order valence-electron chi connectivity index (χ1n) is 11.5. The molecule has 0 saturated carbocycles. The van der Waals surface area contributed by atoms with Crippen LogP contribution in [0.15, 0.2) is 60.8 Å². The number of hydrogen-bond acceptors (Lipinski definition) is 6. The Balaban J connectivity index is 1.19. The molecule has 2 aliphatic heterocycles. The number of nitrogens with zero attached hydrogens (tertiary/aromatic N) is 3. The van der Waals surface area contributed by atoms with Crippen molar-refractivity contribution in [3.8, 4) is 11.5 Å². The van der Waals surface area contributed by atoms with Crippen molar-refractivity contribution in [3.63, 3.8) is 0 Å². The second kappa shape index (κ2) is 8.52. The topological polar surface area (TPSA) is 80.3 Å². The van der Waals surface area contributed by atoms with Gasteiger partial charge in [0.1, 0.15) is 17.8 Å². The Morgan fingerprint density at radius 3 is 2.89 bits per heavy atom. The van der Waals surface area contributed by atoms with Gasteiger partial charge in [0, 0.05) is 37.3 Å². The van der Waals surface area contributed by atoms with Crippen molar-refractivity contribution in [2.75, 3.05) is 13.1 Å². The van der Waals surface area contributed by atoms with E-state index < -0.39 is 5.79 Å². The summed E-state index contributed by atoms with van der Waals surface area (Å²) >= 11 is 6.00. The Labute approximate surface area is 207 Å². The lowest BCUT2D eigenvalue weighted by Gasteiger charge is -2.26. The van der Waals surface area contributed by atoms with Crippen molar-refractivity contribution in [2.24, 2.45) is 0 Å². The zero-order valence-electron chi connectivity index (χ0n) is 19.1. The number of ether oxygens (including phenoxy) is 2. The smallest absolute Gasteiger partial charge is 0.292 e. The van der Waals surface area contributed by atoms with Crippen LogP contribution in [0.2, 0.25) is 5.02 Å². The molecule has 0 spiro atoms.